The molecular formula is C92H56N4OS2. The SMILES string of the molecule is c1ccc(-n2c3ccccc3c3c(N(c4cccc(-c5cccc6ccccc56)c4)c4ccc5c(c4)sc4cc6c(cc45)oc4cc5c(cc46)sc4cc(N(c6cccc(-c7cccc8ccccc78)c6)c6cccc7c6c6ccccc6n7-c6ccccc6)ccc45)cccc32)cc1. The molecule has 21 aromatic rings. The molecule has 462 valence electrons. The van der Waals surface area contributed by atoms with Crippen molar-refractivity contribution >= 4 is 184 Å². The van der Waals surface area contributed by atoms with Crippen molar-refractivity contribution in [2.45, 2.75) is 0 Å². The molecule has 7 heteroatoms. The van der Waals surface area contributed by atoms with Crippen LogP contribution in [0.15, 0.2) is 344 Å². The van der Waals surface area contributed by atoms with Crippen LogP contribution in [0, 0.1) is 0 Å². The smallest absolute Gasteiger partial charge is 0.136 e. The van der Waals surface area contributed by atoms with E-state index in [1.807, 2.05) is 22.7 Å². The largest absolute Gasteiger partial charge is 0.456 e. The summed E-state index contributed by atoms with van der Waals surface area (Å²) in [5, 5.41) is 16.8. The van der Waals surface area contributed by atoms with E-state index in [1.54, 1.807) is 0 Å². The van der Waals surface area contributed by atoms with Crippen molar-refractivity contribution in [3.05, 3.63) is 340 Å². The van der Waals surface area contributed by atoms with Gasteiger partial charge in [0.05, 0.1) is 33.4 Å². The lowest BCUT2D eigenvalue weighted by Crippen LogP contribution is -2.10. The molecule has 0 fully saturated rings. The maximum Gasteiger partial charge on any atom is 0.136 e. The summed E-state index contributed by atoms with van der Waals surface area (Å²) in [6.45, 7) is 0. The normalized spacial score (nSPS) is 12.0. The van der Waals surface area contributed by atoms with Gasteiger partial charge in [-0.25, -0.2) is 0 Å². The van der Waals surface area contributed by atoms with E-state index in [9.17, 15) is 0 Å². The minimum atomic E-state index is 0.892. The Hall–Kier alpha value is -12.5. The number of benzene rings is 16. The third-order valence-corrected chi connectivity index (χ3v) is 22.6. The average Bonchev–Trinajstić information content (AvgIpc) is 1.60. The van der Waals surface area contributed by atoms with Gasteiger partial charge in [0, 0.05) is 107 Å². The quantitative estimate of drug-likeness (QED) is 0.137. The summed E-state index contributed by atoms with van der Waals surface area (Å²) in [5.74, 6) is 0. The van der Waals surface area contributed by atoms with Gasteiger partial charge in [-0.2, -0.15) is 0 Å². The van der Waals surface area contributed by atoms with Crippen LogP contribution in [0.5, 0.6) is 0 Å². The Labute approximate surface area is 577 Å². The fraction of sp³-hybridized carbons (Fsp3) is 0. The number of para-hydroxylation sites is 4. The highest BCUT2D eigenvalue weighted by molar-refractivity contribution is 7.26. The third kappa shape index (κ3) is 8.71. The summed E-state index contributed by atoms with van der Waals surface area (Å²) in [5.41, 5.74) is 20.0. The van der Waals surface area contributed by atoms with Crippen LogP contribution in [-0.2, 0) is 0 Å². The molecule has 0 aliphatic heterocycles. The highest BCUT2D eigenvalue weighted by atomic mass is 32.1. The molecule has 0 atom stereocenters. The van der Waals surface area contributed by atoms with Crippen molar-refractivity contribution in [2.75, 3.05) is 9.80 Å². The summed E-state index contributed by atoms with van der Waals surface area (Å²) in [6.07, 6.45) is 0. The van der Waals surface area contributed by atoms with Gasteiger partial charge < -0.3 is 23.4 Å². The molecule has 0 spiro atoms. The van der Waals surface area contributed by atoms with Gasteiger partial charge in [-0.1, -0.05) is 206 Å². The van der Waals surface area contributed by atoms with E-state index in [0.717, 1.165) is 78.5 Å². The fourth-order valence-electron chi connectivity index (χ4n) is 16.1. The monoisotopic (exact) mass is 1300 g/mol. The average molecular weight is 1300 g/mol. The molecule has 0 amide bonds. The predicted molar refractivity (Wildman–Crippen MR) is 423 cm³/mol. The summed E-state index contributed by atoms with van der Waals surface area (Å²) < 4.78 is 16.7. The third-order valence-electron chi connectivity index (χ3n) is 20.4. The van der Waals surface area contributed by atoms with Crippen molar-refractivity contribution < 1.29 is 4.42 Å². The lowest BCUT2D eigenvalue weighted by Gasteiger charge is -2.27. The van der Waals surface area contributed by atoms with E-state index in [1.165, 1.54) is 117 Å². The van der Waals surface area contributed by atoms with E-state index in [0.29, 0.717) is 0 Å². The molecule has 0 aliphatic carbocycles. The van der Waals surface area contributed by atoms with E-state index in [2.05, 4.69) is 359 Å². The van der Waals surface area contributed by atoms with E-state index >= 15 is 0 Å². The molecule has 0 saturated heterocycles. The number of furan rings is 1. The van der Waals surface area contributed by atoms with Crippen LogP contribution >= 0.6 is 22.7 Å². The molecule has 99 heavy (non-hydrogen) atoms. The molecule has 5 nitrogen and oxygen atoms in total. The standard InChI is InChI=1S/C92H56N4OS2/c1-3-27-61(28-4-1)95-79-39-13-11-35-73(79)91-81(41-19-43-83(91)95)93(63-31-15-25-59(49-63)69-37-17-23-57-21-7-9-33-67(57)69)65-45-47-71-77-53-85-75(55-89(77)98-87(71)51-65)76-56-90-78(54-86(76)97-85)72-48-46-66(52-88(72)99-90)94(64-32-16-26-60(50-64)70-38-18-24-58-22-8-10-34-68(58)70)82-42-20-44-84-92(82)74-36-12-14-40-80(74)96(84)62-29-5-2-6-30-62/h1-56H. The summed E-state index contributed by atoms with van der Waals surface area (Å²) in [4.78, 5) is 4.96. The Morgan fingerprint density at radius 2 is 0.616 bits per heavy atom. The minimum absolute atomic E-state index is 0.892. The number of nitrogens with zero attached hydrogens (tertiary/aromatic N) is 4. The maximum absolute atomic E-state index is 7.02. The molecule has 0 aliphatic rings. The topological polar surface area (TPSA) is 29.5 Å². The number of rotatable bonds is 10. The Morgan fingerprint density at radius 3 is 1.09 bits per heavy atom. The van der Waals surface area contributed by atoms with Crippen LogP contribution in [0.3, 0.4) is 0 Å². The lowest BCUT2D eigenvalue weighted by molar-refractivity contribution is 0.670. The number of thiophene rings is 2. The van der Waals surface area contributed by atoms with E-state index < -0.39 is 0 Å². The van der Waals surface area contributed by atoms with Crippen molar-refractivity contribution in [2.24, 2.45) is 0 Å². The first-order valence-corrected chi connectivity index (χ1v) is 35.3. The zero-order valence-corrected chi connectivity index (χ0v) is 55.0. The molecular weight excluding hydrogens is 1240 g/mol. The number of hydrogen-bond donors (Lipinski definition) is 0. The van der Waals surface area contributed by atoms with Crippen molar-refractivity contribution in [3.63, 3.8) is 0 Å². The first kappa shape index (κ1) is 55.7. The van der Waals surface area contributed by atoms with Crippen LogP contribution in [-0.4, -0.2) is 9.13 Å². The minimum Gasteiger partial charge on any atom is -0.456 e. The zero-order valence-electron chi connectivity index (χ0n) is 53.3. The Kier molecular flexibility index (Phi) is 12.4. The number of anilines is 6. The van der Waals surface area contributed by atoms with Crippen molar-refractivity contribution in [1.82, 2.24) is 9.13 Å². The molecule has 0 N–H and O–H groups in total. The summed E-state index contributed by atoms with van der Waals surface area (Å²) >= 11 is 3.71. The molecule has 0 unspecified atom stereocenters. The molecule has 21 rings (SSSR count). The second-order valence-corrected chi connectivity index (χ2v) is 28.1. The summed E-state index contributed by atoms with van der Waals surface area (Å²) in [6, 6.07) is 125. The molecule has 0 saturated carbocycles. The first-order chi connectivity index (χ1) is 49.1. The zero-order chi connectivity index (χ0) is 64.8. The van der Waals surface area contributed by atoms with Crippen LogP contribution in [0.25, 0.3) is 161 Å². The molecule has 16 aromatic carbocycles. The fourth-order valence-corrected chi connectivity index (χ4v) is 18.4. The van der Waals surface area contributed by atoms with Gasteiger partial charge in [-0.15, -0.1) is 22.7 Å². The second-order valence-electron chi connectivity index (χ2n) is 25.9. The Morgan fingerprint density at radius 1 is 0.242 bits per heavy atom. The van der Waals surface area contributed by atoms with Gasteiger partial charge in [0.15, 0.2) is 0 Å². The molecule has 5 aromatic heterocycles. The van der Waals surface area contributed by atoms with Crippen LogP contribution in [0.4, 0.5) is 34.1 Å². The van der Waals surface area contributed by atoms with Crippen molar-refractivity contribution in [1.29, 1.82) is 0 Å². The number of aromatic nitrogens is 2. The molecule has 0 radical (unpaired) electrons. The maximum atomic E-state index is 7.02. The van der Waals surface area contributed by atoms with Gasteiger partial charge in [0.2, 0.25) is 0 Å². The number of hydrogen-bond acceptors (Lipinski definition) is 5. The van der Waals surface area contributed by atoms with E-state index in [4.69, 9.17) is 4.42 Å². The second kappa shape index (κ2) is 22.0. The summed E-state index contributed by atoms with van der Waals surface area (Å²) in [7, 11) is 0. The van der Waals surface area contributed by atoms with E-state index in [-0.39, 0.29) is 0 Å². The highest BCUT2D eigenvalue weighted by Gasteiger charge is 2.26. The van der Waals surface area contributed by atoms with Crippen LogP contribution in [0.2, 0.25) is 0 Å². The molecule has 0 bridgehead atoms. The van der Waals surface area contributed by atoms with Crippen molar-refractivity contribution in [3.8, 4) is 33.6 Å². The molecule has 5 heterocycles. The highest BCUT2D eigenvalue weighted by Crippen LogP contribution is 2.51. The number of fused-ring (bicyclic) bond motifs is 17. The van der Waals surface area contributed by atoms with Gasteiger partial charge in [-0.05, 0) is 177 Å². The first-order valence-electron chi connectivity index (χ1n) is 33.7. The van der Waals surface area contributed by atoms with Gasteiger partial charge in [0.1, 0.15) is 11.2 Å². The predicted octanol–water partition coefficient (Wildman–Crippen LogP) is 27.1. The van der Waals surface area contributed by atoms with Crippen LogP contribution < -0.4 is 9.80 Å². The Bertz CT molecular complexity index is 6470. The van der Waals surface area contributed by atoms with Gasteiger partial charge in [-0.3, -0.25) is 0 Å². The van der Waals surface area contributed by atoms with Gasteiger partial charge >= 0.3 is 0 Å². The van der Waals surface area contributed by atoms with Crippen LogP contribution in [0.1, 0.15) is 0 Å². The van der Waals surface area contributed by atoms with Gasteiger partial charge in [0.25, 0.3) is 0 Å². The lowest BCUT2D eigenvalue weighted by atomic mass is 9.97. The Balaban J connectivity index is 0.705.